The Morgan fingerprint density at radius 3 is 2.73 bits per heavy atom. The van der Waals surface area contributed by atoms with Crippen LogP contribution in [0.25, 0.3) is 11.0 Å². The Morgan fingerprint density at radius 2 is 2.07 bits per heavy atom. The number of carbonyl (C=O) groups excluding carboxylic acids is 1. The predicted octanol–water partition coefficient (Wildman–Crippen LogP) is 0.0143. The summed E-state index contributed by atoms with van der Waals surface area (Å²) in [6.07, 6.45) is 1.28. The summed E-state index contributed by atoms with van der Waals surface area (Å²) in [5.41, 5.74) is 12.6. The maximum absolute atomic E-state index is 11.2. The van der Waals surface area contributed by atoms with E-state index in [1.807, 2.05) is 0 Å². The zero-order valence-electron chi connectivity index (χ0n) is 8.06. The minimum Gasteiger partial charge on any atom is -0.382 e. The van der Waals surface area contributed by atoms with Gasteiger partial charge in [0.15, 0.2) is 5.82 Å². The van der Waals surface area contributed by atoms with Crippen LogP contribution in [0.5, 0.6) is 0 Å². The summed E-state index contributed by atoms with van der Waals surface area (Å²) in [7, 11) is 0. The molecule has 0 aliphatic carbocycles. The molecule has 0 atom stereocenters. The lowest BCUT2D eigenvalue weighted by Crippen LogP contribution is -2.13. The number of nitrogens with zero attached hydrogens (tertiary/aromatic N) is 3. The Morgan fingerprint density at radius 1 is 1.33 bits per heavy atom. The van der Waals surface area contributed by atoms with Crippen LogP contribution >= 0.6 is 0 Å². The Bertz CT molecular complexity index is 551. The van der Waals surface area contributed by atoms with E-state index in [0.29, 0.717) is 22.3 Å². The van der Waals surface area contributed by atoms with Crippen molar-refractivity contribution in [2.24, 2.45) is 5.73 Å². The topological polar surface area (TPSA) is 108 Å². The van der Waals surface area contributed by atoms with Gasteiger partial charge in [0.2, 0.25) is 0 Å². The number of nitrogen functional groups attached to an aromatic ring is 1. The fourth-order valence-corrected chi connectivity index (χ4v) is 1.37. The van der Waals surface area contributed by atoms with Crippen LogP contribution in [0, 0.1) is 6.92 Å². The molecule has 0 radical (unpaired) electrons. The van der Waals surface area contributed by atoms with Gasteiger partial charge < -0.3 is 11.5 Å². The first kappa shape index (κ1) is 9.32. The van der Waals surface area contributed by atoms with E-state index in [-0.39, 0.29) is 5.82 Å². The van der Waals surface area contributed by atoms with Crippen LogP contribution in [0.2, 0.25) is 0 Å². The van der Waals surface area contributed by atoms with Crippen LogP contribution in [0.1, 0.15) is 16.1 Å². The third kappa shape index (κ3) is 1.45. The number of aryl methyl sites for hydroxylation is 1. The molecule has 0 saturated carbocycles. The standard InChI is InChI=1S/C9H9N5O/c1-4-2-5(9(11)15)6-7(14-4)8(10)13-3-12-6/h2-3H,1H3,(H2,11,15)(H2,10,12,13). The second-order valence-electron chi connectivity index (χ2n) is 3.13. The molecule has 1 amide bonds. The molecule has 0 aliphatic rings. The molecule has 0 fully saturated rings. The monoisotopic (exact) mass is 203 g/mol. The molecule has 6 nitrogen and oxygen atoms in total. The molecule has 2 aromatic rings. The van der Waals surface area contributed by atoms with E-state index in [0.717, 1.165) is 0 Å². The number of anilines is 1. The smallest absolute Gasteiger partial charge is 0.251 e. The summed E-state index contributed by atoms with van der Waals surface area (Å²) < 4.78 is 0. The number of amides is 1. The molecule has 0 aliphatic heterocycles. The van der Waals surface area contributed by atoms with E-state index < -0.39 is 5.91 Å². The maximum atomic E-state index is 11.2. The van der Waals surface area contributed by atoms with E-state index in [9.17, 15) is 4.79 Å². The lowest BCUT2D eigenvalue weighted by molar-refractivity contribution is 0.100. The minimum atomic E-state index is -0.552. The van der Waals surface area contributed by atoms with Gasteiger partial charge in [0.05, 0.1) is 5.56 Å². The molecule has 0 bridgehead atoms. The van der Waals surface area contributed by atoms with Crippen LogP contribution < -0.4 is 11.5 Å². The Labute approximate surface area is 85.3 Å². The molecule has 2 rings (SSSR count). The van der Waals surface area contributed by atoms with Gasteiger partial charge in [-0.05, 0) is 13.0 Å². The molecule has 0 saturated heterocycles. The van der Waals surface area contributed by atoms with Gasteiger partial charge in [-0.2, -0.15) is 0 Å². The number of hydrogen-bond acceptors (Lipinski definition) is 5. The van der Waals surface area contributed by atoms with E-state index in [4.69, 9.17) is 11.5 Å². The van der Waals surface area contributed by atoms with Crippen molar-refractivity contribution in [2.75, 3.05) is 5.73 Å². The highest BCUT2D eigenvalue weighted by atomic mass is 16.1. The molecule has 2 heterocycles. The molecule has 6 heteroatoms. The zero-order chi connectivity index (χ0) is 11.0. The maximum Gasteiger partial charge on any atom is 0.251 e. The first-order chi connectivity index (χ1) is 7.09. The minimum absolute atomic E-state index is 0.242. The van der Waals surface area contributed by atoms with Gasteiger partial charge in [-0.15, -0.1) is 0 Å². The van der Waals surface area contributed by atoms with Crippen LogP contribution in [-0.2, 0) is 0 Å². The molecule has 4 N–H and O–H groups in total. The van der Waals surface area contributed by atoms with Crippen molar-refractivity contribution in [3.05, 3.63) is 23.7 Å². The van der Waals surface area contributed by atoms with Crippen molar-refractivity contribution >= 4 is 22.8 Å². The number of nitrogens with two attached hydrogens (primary N) is 2. The SMILES string of the molecule is Cc1cc(C(N)=O)c2ncnc(N)c2n1. The third-order valence-electron chi connectivity index (χ3n) is 2.01. The van der Waals surface area contributed by atoms with Crippen LogP contribution in [0.15, 0.2) is 12.4 Å². The zero-order valence-corrected chi connectivity index (χ0v) is 8.06. The summed E-state index contributed by atoms with van der Waals surface area (Å²) >= 11 is 0. The van der Waals surface area contributed by atoms with E-state index in [2.05, 4.69) is 15.0 Å². The third-order valence-corrected chi connectivity index (χ3v) is 2.01. The largest absolute Gasteiger partial charge is 0.382 e. The quantitative estimate of drug-likeness (QED) is 0.678. The van der Waals surface area contributed by atoms with Crippen molar-refractivity contribution in [2.45, 2.75) is 6.92 Å². The van der Waals surface area contributed by atoms with Gasteiger partial charge in [-0.25, -0.2) is 15.0 Å². The number of hydrogen-bond donors (Lipinski definition) is 2. The molecule has 76 valence electrons. The van der Waals surface area contributed by atoms with Crippen molar-refractivity contribution < 1.29 is 4.79 Å². The molecule has 0 spiro atoms. The lowest BCUT2D eigenvalue weighted by atomic mass is 10.1. The van der Waals surface area contributed by atoms with Crippen LogP contribution in [-0.4, -0.2) is 20.9 Å². The fourth-order valence-electron chi connectivity index (χ4n) is 1.37. The lowest BCUT2D eigenvalue weighted by Gasteiger charge is -2.04. The summed E-state index contributed by atoms with van der Waals surface area (Å²) in [4.78, 5) is 23.1. The first-order valence-electron chi connectivity index (χ1n) is 4.27. The van der Waals surface area contributed by atoms with E-state index in [1.165, 1.54) is 6.33 Å². The van der Waals surface area contributed by atoms with Crippen molar-refractivity contribution in [1.29, 1.82) is 0 Å². The van der Waals surface area contributed by atoms with E-state index in [1.54, 1.807) is 13.0 Å². The van der Waals surface area contributed by atoms with Gasteiger partial charge in [-0.1, -0.05) is 0 Å². The van der Waals surface area contributed by atoms with Crippen molar-refractivity contribution in [3.8, 4) is 0 Å². The number of aromatic nitrogens is 3. The number of carbonyl (C=O) groups is 1. The Hall–Kier alpha value is -2.24. The average molecular weight is 203 g/mol. The summed E-state index contributed by atoms with van der Waals surface area (Å²) in [5.74, 6) is -0.310. The number of fused-ring (bicyclic) bond motifs is 1. The first-order valence-corrected chi connectivity index (χ1v) is 4.27. The molecule has 0 aromatic carbocycles. The Kier molecular flexibility index (Phi) is 1.96. The van der Waals surface area contributed by atoms with Gasteiger partial charge in [0.1, 0.15) is 17.4 Å². The predicted molar refractivity (Wildman–Crippen MR) is 55.0 cm³/mol. The second kappa shape index (κ2) is 3.16. The normalized spacial score (nSPS) is 10.5. The van der Waals surface area contributed by atoms with Gasteiger partial charge in [0.25, 0.3) is 5.91 Å². The van der Waals surface area contributed by atoms with Crippen LogP contribution in [0.3, 0.4) is 0 Å². The highest BCUT2D eigenvalue weighted by Gasteiger charge is 2.12. The number of pyridine rings is 1. The van der Waals surface area contributed by atoms with Crippen LogP contribution in [0.4, 0.5) is 5.82 Å². The van der Waals surface area contributed by atoms with Gasteiger partial charge in [0, 0.05) is 5.69 Å². The number of rotatable bonds is 1. The highest BCUT2D eigenvalue weighted by molar-refractivity contribution is 6.05. The number of primary amides is 1. The fraction of sp³-hybridized carbons (Fsp3) is 0.111. The molecule has 2 aromatic heterocycles. The molecular weight excluding hydrogens is 194 g/mol. The summed E-state index contributed by atoms with van der Waals surface area (Å²) in [6, 6.07) is 1.58. The van der Waals surface area contributed by atoms with Crippen molar-refractivity contribution in [1.82, 2.24) is 15.0 Å². The average Bonchev–Trinajstić information content (AvgIpc) is 2.18. The molecular formula is C9H9N5O. The summed E-state index contributed by atoms with van der Waals surface area (Å²) in [6.45, 7) is 1.75. The van der Waals surface area contributed by atoms with E-state index >= 15 is 0 Å². The van der Waals surface area contributed by atoms with Crippen molar-refractivity contribution in [3.63, 3.8) is 0 Å². The molecule has 15 heavy (non-hydrogen) atoms. The van der Waals surface area contributed by atoms with Gasteiger partial charge in [-0.3, -0.25) is 4.79 Å². The molecule has 0 unspecified atom stereocenters. The van der Waals surface area contributed by atoms with Gasteiger partial charge >= 0.3 is 0 Å². The highest BCUT2D eigenvalue weighted by Crippen LogP contribution is 2.18. The summed E-state index contributed by atoms with van der Waals surface area (Å²) in [5, 5.41) is 0. The second-order valence-corrected chi connectivity index (χ2v) is 3.13. The Balaban J connectivity index is 2.92.